The summed E-state index contributed by atoms with van der Waals surface area (Å²) in [6.45, 7) is 0. The van der Waals surface area contributed by atoms with Gasteiger partial charge in [0.1, 0.15) is 17.4 Å². The quantitative estimate of drug-likeness (QED) is 0.490. The second kappa shape index (κ2) is 6.71. The van der Waals surface area contributed by atoms with E-state index in [9.17, 15) is 8.78 Å². The fourth-order valence-corrected chi connectivity index (χ4v) is 4.13. The fraction of sp³-hybridized carbons (Fsp3) is 0.136. The minimum atomic E-state index is -0.535. The van der Waals surface area contributed by atoms with Gasteiger partial charge in [-0.15, -0.1) is 0 Å². The van der Waals surface area contributed by atoms with E-state index in [2.05, 4.69) is 15.9 Å². The number of halogens is 3. The molecule has 0 radical (unpaired) electrons. The van der Waals surface area contributed by atoms with Crippen molar-refractivity contribution in [1.82, 2.24) is 5.01 Å². The Labute approximate surface area is 169 Å². The van der Waals surface area contributed by atoms with Crippen LogP contribution in [0.4, 0.5) is 8.78 Å². The first kappa shape index (κ1) is 17.4. The van der Waals surface area contributed by atoms with Crippen molar-refractivity contribution in [1.29, 1.82) is 0 Å². The number of benzene rings is 3. The summed E-state index contributed by atoms with van der Waals surface area (Å²) in [5.74, 6) is 0.158. The van der Waals surface area contributed by atoms with E-state index in [0.29, 0.717) is 12.0 Å². The van der Waals surface area contributed by atoms with Crippen molar-refractivity contribution in [2.24, 2.45) is 5.10 Å². The van der Waals surface area contributed by atoms with Crippen LogP contribution in [0.15, 0.2) is 76.3 Å². The van der Waals surface area contributed by atoms with Crippen LogP contribution in [0.5, 0.6) is 5.75 Å². The first-order valence-electron chi connectivity index (χ1n) is 8.92. The summed E-state index contributed by atoms with van der Waals surface area (Å²) in [5, 5.41) is 6.67. The molecule has 6 heteroatoms. The van der Waals surface area contributed by atoms with Crippen LogP contribution in [0, 0.1) is 11.6 Å². The molecule has 0 spiro atoms. The van der Waals surface area contributed by atoms with Crippen molar-refractivity contribution in [3.05, 3.63) is 99.5 Å². The van der Waals surface area contributed by atoms with Crippen LogP contribution in [0.1, 0.15) is 35.4 Å². The molecule has 3 aromatic rings. The highest BCUT2D eigenvalue weighted by Crippen LogP contribution is 2.48. The summed E-state index contributed by atoms with van der Waals surface area (Å²) in [4.78, 5) is 0. The number of ether oxygens (including phenoxy) is 1. The van der Waals surface area contributed by atoms with E-state index in [-0.39, 0.29) is 17.7 Å². The maximum atomic E-state index is 13.8. The number of hydrogen-bond acceptors (Lipinski definition) is 3. The largest absolute Gasteiger partial charge is 0.464 e. The van der Waals surface area contributed by atoms with E-state index < -0.39 is 6.23 Å². The Bertz CT molecular complexity index is 1080. The molecule has 140 valence electrons. The summed E-state index contributed by atoms with van der Waals surface area (Å²) in [6.07, 6.45) is 0.122. The molecule has 0 saturated carbocycles. The Balaban J connectivity index is 1.61. The van der Waals surface area contributed by atoms with E-state index >= 15 is 0 Å². The molecule has 3 aromatic carbocycles. The van der Waals surface area contributed by atoms with Crippen molar-refractivity contribution in [3.8, 4) is 5.75 Å². The molecule has 0 aliphatic carbocycles. The molecule has 28 heavy (non-hydrogen) atoms. The van der Waals surface area contributed by atoms with Crippen LogP contribution in [0.25, 0.3) is 0 Å². The van der Waals surface area contributed by atoms with E-state index in [1.165, 1.54) is 24.3 Å². The highest BCUT2D eigenvalue weighted by Gasteiger charge is 2.41. The SMILES string of the molecule is Fc1ccc(C2=NN3[C@H](C2)c2cc(Br)ccc2O[C@H]3c2cccc(F)c2)cc1. The Kier molecular flexibility index (Phi) is 4.16. The molecule has 0 fully saturated rings. The van der Waals surface area contributed by atoms with Gasteiger partial charge in [-0.25, -0.2) is 13.8 Å². The number of nitrogens with zero attached hydrogens (tertiary/aromatic N) is 2. The first-order chi connectivity index (χ1) is 13.6. The van der Waals surface area contributed by atoms with Gasteiger partial charge in [0.25, 0.3) is 0 Å². The van der Waals surface area contributed by atoms with Crippen molar-refractivity contribution >= 4 is 21.6 Å². The lowest BCUT2D eigenvalue weighted by atomic mass is 9.96. The lowest BCUT2D eigenvalue weighted by Gasteiger charge is -2.38. The molecule has 2 heterocycles. The Morgan fingerprint density at radius 2 is 1.79 bits per heavy atom. The number of hydrazone groups is 1. The van der Waals surface area contributed by atoms with Gasteiger partial charge in [0.05, 0.1) is 11.8 Å². The Morgan fingerprint density at radius 3 is 2.57 bits per heavy atom. The average molecular weight is 441 g/mol. The van der Waals surface area contributed by atoms with Gasteiger partial charge < -0.3 is 4.74 Å². The fourth-order valence-electron chi connectivity index (χ4n) is 3.76. The first-order valence-corrected chi connectivity index (χ1v) is 9.71. The maximum Gasteiger partial charge on any atom is 0.213 e. The standard InChI is InChI=1S/C22H15BrF2N2O/c23-15-6-9-21-18(11-15)20-12-19(13-4-7-16(24)8-5-13)26-27(20)22(28-21)14-2-1-3-17(25)10-14/h1-11,20,22H,12H2/t20-,22+/m1/s1. The third-order valence-electron chi connectivity index (χ3n) is 5.06. The maximum absolute atomic E-state index is 13.8. The van der Waals surface area contributed by atoms with Crippen molar-refractivity contribution in [2.45, 2.75) is 18.7 Å². The van der Waals surface area contributed by atoms with Gasteiger partial charge >= 0.3 is 0 Å². The van der Waals surface area contributed by atoms with Gasteiger partial charge in [0.2, 0.25) is 6.23 Å². The van der Waals surface area contributed by atoms with E-state index in [1.54, 1.807) is 18.2 Å². The molecule has 0 bridgehead atoms. The molecule has 5 rings (SSSR count). The minimum Gasteiger partial charge on any atom is -0.464 e. The predicted molar refractivity (Wildman–Crippen MR) is 106 cm³/mol. The second-order valence-electron chi connectivity index (χ2n) is 6.86. The highest BCUT2D eigenvalue weighted by molar-refractivity contribution is 9.10. The molecule has 0 N–H and O–H groups in total. The van der Waals surface area contributed by atoms with Crippen LogP contribution >= 0.6 is 15.9 Å². The molecule has 0 unspecified atom stereocenters. The zero-order valence-electron chi connectivity index (χ0n) is 14.6. The van der Waals surface area contributed by atoms with Gasteiger partial charge in [-0.3, -0.25) is 0 Å². The molecular formula is C22H15BrF2N2O. The van der Waals surface area contributed by atoms with Crippen LogP contribution in [-0.2, 0) is 0 Å². The monoisotopic (exact) mass is 440 g/mol. The molecular weight excluding hydrogens is 426 g/mol. The van der Waals surface area contributed by atoms with Crippen LogP contribution in [0.2, 0.25) is 0 Å². The van der Waals surface area contributed by atoms with Gasteiger partial charge in [-0.1, -0.05) is 40.2 Å². The number of hydrogen-bond donors (Lipinski definition) is 0. The predicted octanol–water partition coefficient (Wildman–Crippen LogP) is 5.97. The summed E-state index contributed by atoms with van der Waals surface area (Å²) in [5.41, 5.74) is 3.43. The van der Waals surface area contributed by atoms with E-state index in [1.807, 2.05) is 29.3 Å². The van der Waals surface area contributed by atoms with Crippen molar-refractivity contribution in [3.63, 3.8) is 0 Å². The van der Waals surface area contributed by atoms with Gasteiger partial charge in [0, 0.05) is 22.0 Å². The molecule has 2 atom stereocenters. The summed E-state index contributed by atoms with van der Waals surface area (Å²) in [6, 6.07) is 18.5. The van der Waals surface area contributed by atoms with Gasteiger partial charge in [-0.05, 0) is 48.0 Å². The van der Waals surface area contributed by atoms with Gasteiger partial charge in [-0.2, -0.15) is 5.10 Å². The zero-order chi connectivity index (χ0) is 19.3. The normalized spacial score (nSPS) is 20.2. The topological polar surface area (TPSA) is 24.8 Å². The van der Waals surface area contributed by atoms with Crippen LogP contribution in [0.3, 0.4) is 0 Å². The molecule has 3 nitrogen and oxygen atoms in total. The Morgan fingerprint density at radius 1 is 0.964 bits per heavy atom. The smallest absolute Gasteiger partial charge is 0.213 e. The second-order valence-corrected chi connectivity index (χ2v) is 7.78. The zero-order valence-corrected chi connectivity index (χ0v) is 16.2. The summed E-state index contributed by atoms with van der Waals surface area (Å²) < 4.78 is 34.3. The highest BCUT2D eigenvalue weighted by atomic mass is 79.9. The average Bonchev–Trinajstić information content (AvgIpc) is 3.14. The molecule has 2 aliphatic heterocycles. The lowest BCUT2D eigenvalue weighted by Crippen LogP contribution is -2.33. The third kappa shape index (κ3) is 2.98. The number of rotatable bonds is 2. The lowest BCUT2D eigenvalue weighted by molar-refractivity contribution is -0.0192. The van der Waals surface area contributed by atoms with Crippen molar-refractivity contribution < 1.29 is 13.5 Å². The minimum absolute atomic E-state index is 0.0467. The Hall–Kier alpha value is -2.73. The van der Waals surface area contributed by atoms with Crippen LogP contribution < -0.4 is 4.74 Å². The molecule has 0 aromatic heterocycles. The van der Waals surface area contributed by atoms with Crippen LogP contribution in [-0.4, -0.2) is 10.7 Å². The van der Waals surface area contributed by atoms with Crippen molar-refractivity contribution in [2.75, 3.05) is 0 Å². The van der Waals surface area contributed by atoms with E-state index in [4.69, 9.17) is 9.84 Å². The third-order valence-corrected chi connectivity index (χ3v) is 5.56. The van der Waals surface area contributed by atoms with Gasteiger partial charge in [0.15, 0.2) is 0 Å². The molecule has 0 saturated heterocycles. The van der Waals surface area contributed by atoms with E-state index in [0.717, 1.165) is 27.1 Å². The summed E-state index contributed by atoms with van der Waals surface area (Å²) >= 11 is 3.52. The molecule has 2 aliphatic rings. The molecule has 0 amide bonds. The summed E-state index contributed by atoms with van der Waals surface area (Å²) in [7, 11) is 0. The number of fused-ring (bicyclic) bond motifs is 3.